The molecule has 33 heavy (non-hydrogen) atoms. The van der Waals surface area contributed by atoms with Crippen molar-refractivity contribution in [3.8, 4) is 17.4 Å². The van der Waals surface area contributed by atoms with Gasteiger partial charge in [0, 0.05) is 36.0 Å². The molecule has 10 nitrogen and oxygen atoms in total. The molecule has 1 aromatic heterocycles. The Morgan fingerprint density at radius 1 is 1.12 bits per heavy atom. The third-order valence-corrected chi connectivity index (χ3v) is 4.38. The van der Waals surface area contributed by atoms with Crippen molar-refractivity contribution in [2.75, 3.05) is 13.7 Å². The number of nitro benzene ring substituents is 1. The first-order valence-corrected chi connectivity index (χ1v) is 9.62. The zero-order valence-corrected chi connectivity index (χ0v) is 17.4. The predicted molar refractivity (Wildman–Crippen MR) is 115 cm³/mol. The molecule has 0 saturated heterocycles. The van der Waals surface area contributed by atoms with Crippen molar-refractivity contribution in [3.05, 3.63) is 87.9 Å². The minimum absolute atomic E-state index is 0.00772. The molecule has 0 fully saturated rings. The van der Waals surface area contributed by atoms with Crippen LogP contribution in [0.25, 0.3) is 0 Å². The van der Waals surface area contributed by atoms with E-state index in [-0.39, 0.29) is 41.7 Å². The molecule has 0 unspecified atom stereocenters. The van der Waals surface area contributed by atoms with Gasteiger partial charge in [0.25, 0.3) is 5.91 Å². The van der Waals surface area contributed by atoms with E-state index >= 15 is 0 Å². The van der Waals surface area contributed by atoms with Gasteiger partial charge in [0.05, 0.1) is 18.6 Å². The molecule has 0 radical (unpaired) electrons. The van der Waals surface area contributed by atoms with Crippen LogP contribution in [0.2, 0.25) is 0 Å². The summed E-state index contributed by atoms with van der Waals surface area (Å²) in [6.07, 6.45) is 1.49. The first-order valence-electron chi connectivity index (χ1n) is 9.62. The molecule has 11 heteroatoms. The van der Waals surface area contributed by atoms with Gasteiger partial charge >= 0.3 is 5.69 Å². The lowest BCUT2D eigenvalue weighted by Crippen LogP contribution is -2.36. The summed E-state index contributed by atoms with van der Waals surface area (Å²) in [6, 6.07) is 12.6. The molecule has 2 N–H and O–H groups in total. The van der Waals surface area contributed by atoms with E-state index in [1.807, 2.05) is 0 Å². The number of aromatic nitrogens is 1. The van der Waals surface area contributed by atoms with E-state index in [0.717, 1.165) is 6.07 Å². The van der Waals surface area contributed by atoms with Crippen LogP contribution in [-0.4, -0.2) is 35.4 Å². The van der Waals surface area contributed by atoms with E-state index in [0.29, 0.717) is 5.56 Å². The Kier molecular flexibility index (Phi) is 7.47. The molecule has 0 aliphatic carbocycles. The molecular formula is C22H19FN4O6. The number of carbonyl (C=O) groups excluding carboxylic acids is 2. The van der Waals surface area contributed by atoms with Crippen LogP contribution in [0.1, 0.15) is 15.9 Å². The number of hydrogen-bond acceptors (Lipinski definition) is 7. The molecule has 0 aliphatic heterocycles. The summed E-state index contributed by atoms with van der Waals surface area (Å²) in [5.41, 5.74) is 0.178. The number of pyridine rings is 1. The summed E-state index contributed by atoms with van der Waals surface area (Å²) in [6.45, 7) is -0.319. The minimum Gasteiger partial charge on any atom is -0.490 e. The Morgan fingerprint density at radius 2 is 1.94 bits per heavy atom. The van der Waals surface area contributed by atoms with Crippen LogP contribution in [0.3, 0.4) is 0 Å². The summed E-state index contributed by atoms with van der Waals surface area (Å²) in [5.74, 6) is -1.17. The molecule has 0 spiro atoms. The van der Waals surface area contributed by atoms with Crippen LogP contribution in [-0.2, 0) is 11.3 Å². The predicted octanol–water partition coefficient (Wildman–Crippen LogP) is 2.98. The van der Waals surface area contributed by atoms with E-state index in [1.165, 1.54) is 43.6 Å². The monoisotopic (exact) mass is 454 g/mol. The third kappa shape index (κ3) is 6.23. The SMILES string of the molecule is COc1ccc(C(=O)NCC(=O)NCc2cccnc2Oc2cccc(F)c2)cc1[N+](=O)[O-]. The molecule has 2 aromatic carbocycles. The Bertz CT molecular complexity index is 1190. The first kappa shape index (κ1) is 23.1. The summed E-state index contributed by atoms with van der Waals surface area (Å²) in [4.78, 5) is 39.0. The lowest BCUT2D eigenvalue weighted by molar-refractivity contribution is -0.385. The second kappa shape index (κ2) is 10.7. The average molecular weight is 454 g/mol. The summed E-state index contributed by atoms with van der Waals surface area (Å²) < 4.78 is 23.9. The number of nitrogens with zero attached hydrogens (tertiary/aromatic N) is 2. The first-order chi connectivity index (χ1) is 15.9. The van der Waals surface area contributed by atoms with Gasteiger partial charge in [-0.1, -0.05) is 12.1 Å². The standard InChI is InChI=1S/C22H19FN4O6/c1-32-19-8-7-14(10-18(19)27(30)31)21(29)26-13-20(28)25-12-15-4-3-9-24-22(15)33-17-6-2-5-16(23)11-17/h2-11H,12-13H2,1H3,(H,25,28)(H,26,29). The van der Waals surface area contributed by atoms with Crippen LogP contribution >= 0.6 is 0 Å². The largest absolute Gasteiger partial charge is 0.490 e. The lowest BCUT2D eigenvalue weighted by atomic mass is 10.1. The van der Waals surface area contributed by atoms with E-state index < -0.39 is 22.6 Å². The second-order valence-electron chi connectivity index (χ2n) is 6.63. The van der Waals surface area contributed by atoms with Crippen molar-refractivity contribution in [2.45, 2.75) is 6.54 Å². The van der Waals surface area contributed by atoms with Gasteiger partial charge in [-0.15, -0.1) is 0 Å². The van der Waals surface area contributed by atoms with Crippen molar-refractivity contribution in [1.29, 1.82) is 0 Å². The molecule has 1 heterocycles. The van der Waals surface area contributed by atoms with Crippen molar-refractivity contribution in [1.82, 2.24) is 15.6 Å². The van der Waals surface area contributed by atoms with Crippen LogP contribution < -0.4 is 20.1 Å². The number of carbonyl (C=O) groups is 2. The molecule has 170 valence electrons. The highest BCUT2D eigenvalue weighted by Crippen LogP contribution is 2.27. The van der Waals surface area contributed by atoms with E-state index in [4.69, 9.17) is 9.47 Å². The number of ether oxygens (including phenoxy) is 2. The van der Waals surface area contributed by atoms with Crippen molar-refractivity contribution >= 4 is 17.5 Å². The van der Waals surface area contributed by atoms with Gasteiger partial charge in [0.15, 0.2) is 5.75 Å². The highest BCUT2D eigenvalue weighted by atomic mass is 19.1. The third-order valence-electron chi connectivity index (χ3n) is 4.38. The van der Waals surface area contributed by atoms with Gasteiger partial charge in [-0.05, 0) is 30.3 Å². The van der Waals surface area contributed by atoms with Gasteiger partial charge in [0.2, 0.25) is 11.8 Å². The van der Waals surface area contributed by atoms with Gasteiger partial charge < -0.3 is 20.1 Å². The molecule has 3 aromatic rings. The van der Waals surface area contributed by atoms with Gasteiger partial charge in [-0.2, -0.15) is 0 Å². The maximum Gasteiger partial charge on any atom is 0.311 e. The minimum atomic E-state index is -0.667. The molecule has 3 rings (SSSR count). The number of methoxy groups -OCH3 is 1. The number of amides is 2. The van der Waals surface area contributed by atoms with E-state index in [2.05, 4.69) is 15.6 Å². The van der Waals surface area contributed by atoms with Crippen molar-refractivity contribution in [3.63, 3.8) is 0 Å². The highest BCUT2D eigenvalue weighted by Gasteiger charge is 2.18. The molecule has 0 saturated carbocycles. The normalized spacial score (nSPS) is 10.2. The maximum absolute atomic E-state index is 13.4. The molecule has 2 amide bonds. The number of hydrogen-bond donors (Lipinski definition) is 2. The fraction of sp³-hybridized carbons (Fsp3) is 0.136. The molecule has 0 bridgehead atoms. The van der Waals surface area contributed by atoms with Gasteiger partial charge in [-0.3, -0.25) is 19.7 Å². The smallest absolute Gasteiger partial charge is 0.311 e. The van der Waals surface area contributed by atoms with Crippen molar-refractivity contribution in [2.24, 2.45) is 0 Å². The molecule has 0 atom stereocenters. The van der Waals surface area contributed by atoms with Crippen molar-refractivity contribution < 1.29 is 28.4 Å². The Hall–Kier alpha value is -4.54. The topological polar surface area (TPSA) is 133 Å². The molecule has 0 aliphatic rings. The highest BCUT2D eigenvalue weighted by molar-refractivity contribution is 5.97. The number of halogens is 1. The van der Waals surface area contributed by atoms with Crippen LogP contribution in [0, 0.1) is 15.9 Å². The number of nitrogens with one attached hydrogen (secondary N) is 2. The maximum atomic E-state index is 13.4. The summed E-state index contributed by atoms with van der Waals surface area (Å²) >= 11 is 0. The van der Waals surface area contributed by atoms with Crippen LogP contribution in [0.4, 0.5) is 10.1 Å². The van der Waals surface area contributed by atoms with Gasteiger partial charge in [-0.25, -0.2) is 9.37 Å². The van der Waals surface area contributed by atoms with Crippen LogP contribution in [0.15, 0.2) is 60.8 Å². The fourth-order valence-electron chi connectivity index (χ4n) is 2.79. The quantitative estimate of drug-likeness (QED) is 0.375. The van der Waals surface area contributed by atoms with E-state index in [9.17, 15) is 24.1 Å². The molecular weight excluding hydrogens is 435 g/mol. The Balaban J connectivity index is 1.57. The lowest BCUT2D eigenvalue weighted by Gasteiger charge is -2.11. The number of nitro groups is 1. The number of benzene rings is 2. The Morgan fingerprint density at radius 3 is 2.67 bits per heavy atom. The zero-order chi connectivity index (χ0) is 23.8. The summed E-state index contributed by atoms with van der Waals surface area (Å²) in [5, 5.41) is 16.1. The Labute approximate surface area is 187 Å². The zero-order valence-electron chi connectivity index (χ0n) is 17.4. The van der Waals surface area contributed by atoms with E-state index in [1.54, 1.807) is 18.2 Å². The van der Waals surface area contributed by atoms with Gasteiger partial charge in [0.1, 0.15) is 11.6 Å². The fourth-order valence-corrected chi connectivity index (χ4v) is 2.79. The number of rotatable bonds is 9. The van der Waals surface area contributed by atoms with Crippen LogP contribution in [0.5, 0.6) is 17.4 Å². The average Bonchev–Trinajstić information content (AvgIpc) is 2.81. The second-order valence-corrected chi connectivity index (χ2v) is 6.63. The summed E-state index contributed by atoms with van der Waals surface area (Å²) in [7, 11) is 1.28.